The van der Waals surface area contributed by atoms with E-state index in [0.29, 0.717) is 6.04 Å². The summed E-state index contributed by atoms with van der Waals surface area (Å²) in [5.41, 5.74) is 0. The van der Waals surface area contributed by atoms with Crippen molar-refractivity contribution in [2.24, 2.45) is 0 Å². The molecule has 1 aliphatic rings. The lowest BCUT2D eigenvalue weighted by Gasteiger charge is -2.19. The van der Waals surface area contributed by atoms with Crippen molar-refractivity contribution in [1.29, 1.82) is 0 Å². The average molecular weight is 266 g/mol. The molecular weight excluding hydrogens is 244 g/mol. The Bertz CT molecular complexity index is 358. The first-order chi connectivity index (χ1) is 8.79. The quantitative estimate of drug-likeness (QED) is 0.835. The minimum atomic E-state index is -0.00579. The maximum absolute atomic E-state index is 12.0. The number of carbonyl (C=O) groups excluding carboxylic acids is 1. The zero-order chi connectivity index (χ0) is 12.8. The Morgan fingerprint density at radius 2 is 2.28 bits per heavy atom. The van der Waals surface area contributed by atoms with Crippen molar-refractivity contribution in [2.75, 3.05) is 0 Å². The highest BCUT2D eigenvalue weighted by atomic mass is 32.1. The van der Waals surface area contributed by atoms with Gasteiger partial charge in [0, 0.05) is 10.9 Å². The van der Waals surface area contributed by atoms with Gasteiger partial charge in [-0.05, 0) is 30.7 Å². The number of nitrogens with one attached hydrogen (secondary N) is 2. The fourth-order valence-electron chi connectivity index (χ4n) is 2.52. The Balaban J connectivity index is 1.86. The van der Waals surface area contributed by atoms with Crippen LogP contribution < -0.4 is 10.6 Å². The number of hydrogen-bond acceptors (Lipinski definition) is 2. The second-order valence-electron chi connectivity index (χ2n) is 4.96. The third-order valence-electron chi connectivity index (χ3n) is 3.46. The molecule has 0 aromatic carbocycles. The van der Waals surface area contributed by atoms with Gasteiger partial charge in [-0.25, -0.2) is 4.79 Å². The molecule has 0 bridgehead atoms. The van der Waals surface area contributed by atoms with E-state index in [1.54, 1.807) is 11.3 Å². The van der Waals surface area contributed by atoms with Crippen LogP contribution in [0.3, 0.4) is 0 Å². The van der Waals surface area contributed by atoms with E-state index in [1.807, 2.05) is 6.07 Å². The van der Waals surface area contributed by atoms with E-state index >= 15 is 0 Å². The van der Waals surface area contributed by atoms with Crippen LogP contribution in [0.25, 0.3) is 0 Å². The first kappa shape index (κ1) is 13.4. The molecule has 100 valence electrons. The molecule has 0 radical (unpaired) electrons. The van der Waals surface area contributed by atoms with Crippen molar-refractivity contribution in [3.63, 3.8) is 0 Å². The lowest BCUT2D eigenvalue weighted by molar-refractivity contribution is 0.232. The normalized spacial score (nSPS) is 17.6. The molecule has 1 unspecified atom stereocenters. The highest BCUT2D eigenvalue weighted by Gasteiger charge is 2.19. The second kappa shape index (κ2) is 6.78. The van der Waals surface area contributed by atoms with Crippen LogP contribution in [0.2, 0.25) is 0 Å². The summed E-state index contributed by atoms with van der Waals surface area (Å²) in [4.78, 5) is 13.2. The van der Waals surface area contributed by atoms with Gasteiger partial charge in [0.1, 0.15) is 0 Å². The molecule has 0 aliphatic heterocycles. The van der Waals surface area contributed by atoms with Gasteiger partial charge < -0.3 is 10.6 Å². The summed E-state index contributed by atoms with van der Waals surface area (Å²) < 4.78 is 0. The van der Waals surface area contributed by atoms with E-state index in [-0.39, 0.29) is 12.1 Å². The molecule has 2 amide bonds. The van der Waals surface area contributed by atoms with E-state index < -0.39 is 0 Å². The molecule has 1 saturated carbocycles. The SMILES string of the molecule is CCCC(NC(=O)NC1CCCC1)c1cccs1. The third kappa shape index (κ3) is 3.73. The maximum Gasteiger partial charge on any atom is 0.315 e. The molecule has 1 aromatic rings. The van der Waals surface area contributed by atoms with Crippen LogP contribution in [0.1, 0.15) is 56.4 Å². The maximum atomic E-state index is 12.0. The highest BCUT2D eigenvalue weighted by Crippen LogP contribution is 2.23. The summed E-state index contributed by atoms with van der Waals surface area (Å²) in [6.45, 7) is 2.15. The fraction of sp³-hybridized carbons (Fsp3) is 0.643. The van der Waals surface area contributed by atoms with Gasteiger partial charge in [0.05, 0.1) is 6.04 Å². The second-order valence-corrected chi connectivity index (χ2v) is 5.94. The molecule has 0 spiro atoms. The highest BCUT2D eigenvalue weighted by molar-refractivity contribution is 7.10. The first-order valence-electron chi connectivity index (χ1n) is 6.90. The molecule has 1 fully saturated rings. The minimum absolute atomic E-state index is 0.00579. The summed E-state index contributed by atoms with van der Waals surface area (Å²) >= 11 is 1.71. The molecular formula is C14H22N2OS. The zero-order valence-electron chi connectivity index (χ0n) is 10.9. The molecule has 3 nitrogen and oxygen atoms in total. The number of carbonyl (C=O) groups is 1. The molecule has 1 atom stereocenters. The molecule has 1 heterocycles. The van der Waals surface area contributed by atoms with Crippen molar-refractivity contribution in [2.45, 2.75) is 57.5 Å². The number of urea groups is 1. The van der Waals surface area contributed by atoms with Crippen LogP contribution >= 0.6 is 11.3 Å². The lowest BCUT2D eigenvalue weighted by atomic mass is 10.1. The van der Waals surface area contributed by atoms with Crippen molar-refractivity contribution in [1.82, 2.24) is 10.6 Å². The molecule has 1 aromatic heterocycles. The topological polar surface area (TPSA) is 41.1 Å². The van der Waals surface area contributed by atoms with Crippen molar-refractivity contribution >= 4 is 17.4 Å². The van der Waals surface area contributed by atoms with E-state index in [1.165, 1.54) is 17.7 Å². The summed E-state index contributed by atoms with van der Waals surface area (Å²) in [7, 11) is 0. The summed E-state index contributed by atoms with van der Waals surface area (Å²) in [6.07, 6.45) is 6.82. The van der Waals surface area contributed by atoms with Gasteiger partial charge in [-0.3, -0.25) is 0 Å². The predicted molar refractivity (Wildman–Crippen MR) is 75.9 cm³/mol. The van der Waals surface area contributed by atoms with E-state index in [9.17, 15) is 4.79 Å². The largest absolute Gasteiger partial charge is 0.335 e. The van der Waals surface area contributed by atoms with Gasteiger partial charge in [0.25, 0.3) is 0 Å². The van der Waals surface area contributed by atoms with Crippen molar-refractivity contribution < 1.29 is 4.79 Å². The molecule has 18 heavy (non-hydrogen) atoms. The standard InChI is InChI=1S/C14H22N2OS/c1-2-6-12(13-9-5-10-18-13)16-14(17)15-11-7-3-4-8-11/h5,9-12H,2-4,6-8H2,1H3,(H2,15,16,17). The Labute approximate surface area is 113 Å². The van der Waals surface area contributed by atoms with Gasteiger partial charge in [-0.15, -0.1) is 11.3 Å². The van der Waals surface area contributed by atoms with Gasteiger partial charge in [0.2, 0.25) is 0 Å². The van der Waals surface area contributed by atoms with Crippen molar-refractivity contribution in [3.05, 3.63) is 22.4 Å². The minimum Gasteiger partial charge on any atom is -0.335 e. The monoisotopic (exact) mass is 266 g/mol. The summed E-state index contributed by atoms with van der Waals surface area (Å²) in [5.74, 6) is 0. The van der Waals surface area contributed by atoms with Gasteiger partial charge in [0.15, 0.2) is 0 Å². The predicted octanol–water partition coefficient (Wildman–Crippen LogP) is 3.83. The Morgan fingerprint density at radius 1 is 1.50 bits per heavy atom. The first-order valence-corrected chi connectivity index (χ1v) is 7.78. The Morgan fingerprint density at radius 3 is 2.89 bits per heavy atom. The van der Waals surface area contributed by atoms with Crippen LogP contribution in [0.15, 0.2) is 17.5 Å². The van der Waals surface area contributed by atoms with Crippen molar-refractivity contribution in [3.8, 4) is 0 Å². The summed E-state index contributed by atoms with van der Waals surface area (Å²) in [6, 6.07) is 4.68. The van der Waals surface area contributed by atoms with Crippen LogP contribution in [0, 0.1) is 0 Å². The van der Waals surface area contributed by atoms with Gasteiger partial charge in [-0.2, -0.15) is 0 Å². The Kier molecular flexibility index (Phi) is 5.05. The van der Waals surface area contributed by atoms with E-state index in [4.69, 9.17) is 0 Å². The van der Waals surface area contributed by atoms with Crippen LogP contribution in [0.5, 0.6) is 0 Å². The van der Waals surface area contributed by atoms with Crippen LogP contribution in [-0.2, 0) is 0 Å². The molecule has 4 heteroatoms. The third-order valence-corrected chi connectivity index (χ3v) is 4.45. The van der Waals surface area contributed by atoms with Gasteiger partial charge >= 0.3 is 6.03 Å². The summed E-state index contributed by atoms with van der Waals surface area (Å²) in [5, 5.41) is 8.26. The van der Waals surface area contributed by atoms with E-state index in [2.05, 4.69) is 29.0 Å². The number of rotatable bonds is 5. The molecule has 2 rings (SSSR count). The molecule has 1 aliphatic carbocycles. The number of amides is 2. The Hall–Kier alpha value is -1.03. The molecule has 2 N–H and O–H groups in total. The zero-order valence-corrected chi connectivity index (χ0v) is 11.8. The van der Waals surface area contributed by atoms with E-state index in [0.717, 1.165) is 25.7 Å². The van der Waals surface area contributed by atoms with Crippen LogP contribution in [0.4, 0.5) is 4.79 Å². The van der Waals surface area contributed by atoms with Gasteiger partial charge in [-0.1, -0.05) is 32.3 Å². The molecule has 0 saturated heterocycles. The van der Waals surface area contributed by atoms with Crippen LogP contribution in [-0.4, -0.2) is 12.1 Å². The average Bonchev–Trinajstić information content (AvgIpc) is 3.00. The number of hydrogen-bond donors (Lipinski definition) is 2. The number of thiophene rings is 1. The smallest absolute Gasteiger partial charge is 0.315 e. The fourth-order valence-corrected chi connectivity index (χ4v) is 3.33. The lowest BCUT2D eigenvalue weighted by Crippen LogP contribution is -2.42.